The van der Waals surface area contributed by atoms with E-state index >= 15 is 0 Å². The predicted octanol–water partition coefficient (Wildman–Crippen LogP) is 2.94. The lowest BCUT2D eigenvalue weighted by Crippen LogP contribution is -2.52. The Morgan fingerprint density at radius 3 is 1.77 bits per heavy atom. The summed E-state index contributed by atoms with van der Waals surface area (Å²) in [5, 5.41) is 22.9. The van der Waals surface area contributed by atoms with Crippen molar-refractivity contribution in [2.24, 2.45) is 16.8 Å². The molecule has 10 nitrogen and oxygen atoms in total. The molecular weight excluding hydrogens is 642 g/mol. The molecule has 6 unspecified atom stereocenters. The van der Waals surface area contributed by atoms with Crippen LogP contribution in [0.15, 0.2) is 4.99 Å². The second-order valence-corrected chi connectivity index (χ2v) is 12.0. The van der Waals surface area contributed by atoms with Crippen molar-refractivity contribution >= 4 is 73.9 Å². The summed E-state index contributed by atoms with van der Waals surface area (Å²) in [7, 11) is 0. The molecule has 3 rings (SSSR count). The number of rotatable bonds is 4. The molecule has 1 heterocycles. The van der Waals surface area contributed by atoms with Gasteiger partial charge in [0.25, 0.3) is 0 Å². The standard InChI is InChI=1S/C17H22I2N4O6S/c18-13-3-1-9(22(26)27)7-11(13)15(24)21(17-20-5-6-30-17)16(25)12-8-10(23(28)29)2-4-14(12)19/h9-14H,1-8H2. The molecule has 3 aliphatic rings. The normalized spacial score (nSPS) is 34.1. The summed E-state index contributed by atoms with van der Waals surface area (Å²) in [6.07, 6.45) is 2.08. The van der Waals surface area contributed by atoms with Gasteiger partial charge in [-0.05, 0) is 12.8 Å². The van der Waals surface area contributed by atoms with Crippen LogP contribution in [-0.2, 0) is 9.59 Å². The Bertz CT molecular complexity index is 719. The largest absolute Gasteiger partial charge is 0.274 e. The van der Waals surface area contributed by atoms with Crippen LogP contribution >= 0.6 is 56.9 Å². The van der Waals surface area contributed by atoms with Crippen LogP contribution < -0.4 is 0 Å². The molecule has 2 fully saturated rings. The van der Waals surface area contributed by atoms with E-state index in [1.807, 2.05) is 0 Å². The lowest BCUT2D eigenvalue weighted by Gasteiger charge is -2.35. The number of thioether (sulfide) groups is 1. The van der Waals surface area contributed by atoms with Gasteiger partial charge in [0.1, 0.15) is 0 Å². The lowest BCUT2D eigenvalue weighted by molar-refractivity contribution is -0.527. The molecule has 0 radical (unpaired) electrons. The first-order valence-electron chi connectivity index (χ1n) is 9.80. The third-order valence-corrected chi connectivity index (χ3v) is 9.85. The third kappa shape index (κ3) is 5.24. The topological polar surface area (TPSA) is 136 Å². The van der Waals surface area contributed by atoms with E-state index in [2.05, 4.69) is 50.2 Å². The number of alkyl halides is 2. The van der Waals surface area contributed by atoms with Crippen molar-refractivity contribution in [3.8, 4) is 0 Å². The number of nitrogens with zero attached hydrogens (tertiary/aromatic N) is 4. The Balaban J connectivity index is 1.87. The Labute approximate surface area is 204 Å². The number of amides is 2. The predicted molar refractivity (Wildman–Crippen MR) is 128 cm³/mol. The maximum atomic E-state index is 13.5. The molecule has 0 aromatic rings. The van der Waals surface area contributed by atoms with Gasteiger partial charge in [0.05, 0.1) is 18.4 Å². The fraction of sp³-hybridized carbons (Fsp3) is 0.824. The minimum atomic E-state index is -0.800. The van der Waals surface area contributed by atoms with Crippen LogP contribution in [0.25, 0.3) is 0 Å². The maximum absolute atomic E-state index is 13.5. The number of hydrogen-bond donors (Lipinski definition) is 0. The summed E-state index contributed by atoms with van der Waals surface area (Å²) in [4.78, 5) is 54.4. The van der Waals surface area contributed by atoms with E-state index in [4.69, 9.17) is 0 Å². The van der Waals surface area contributed by atoms with Crippen molar-refractivity contribution in [1.29, 1.82) is 0 Å². The molecule has 0 spiro atoms. The fourth-order valence-corrected chi connectivity index (χ4v) is 6.98. The van der Waals surface area contributed by atoms with Crippen LogP contribution in [0.3, 0.4) is 0 Å². The average molecular weight is 664 g/mol. The summed E-state index contributed by atoms with van der Waals surface area (Å²) in [6.45, 7) is 0.489. The highest BCUT2D eigenvalue weighted by Gasteiger charge is 2.47. The Hall–Kier alpha value is -0.580. The molecule has 6 atom stereocenters. The van der Waals surface area contributed by atoms with E-state index in [9.17, 15) is 29.8 Å². The fourth-order valence-electron chi connectivity index (χ4n) is 4.20. The molecule has 2 saturated carbocycles. The summed E-state index contributed by atoms with van der Waals surface area (Å²) in [5.74, 6) is -1.55. The van der Waals surface area contributed by atoms with Crippen LogP contribution in [0.2, 0.25) is 0 Å². The zero-order valence-corrected chi connectivity index (χ0v) is 21.2. The Morgan fingerprint density at radius 1 is 0.933 bits per heavy atom. The van der Waals surface area contributed by atoms with E-state index in [-0.39, 0.29) is 30.5 Å². The molecule has 2 amide bonds. The van der Waals surface area contributed by atoms with Gasteiger partial charge >= 0.3 is 0 Å². The van der Waals surface area contributed by atoms with Gasteiger partial charge in [0.15, 0.2) is 5.17 Å². The minimum Gasteiger partial charge on any atom is -0.274 e. The summed E-state index contributed by atoms with van der Waals surface area (Å²) in [5.41, 5.74) is 0. The van der Waals surface area contributed by atoms with E-state index in [1.54, 1.807) is 0 Å². The summed E-state index contributed by atoms with van der Waals surface area (Å²) < 4.78 is -0.219. The quantitative estimate of drug-likeness (QED) is 0.148. The van der Waals surface area contributed by atoms with Gasteiger partial charge in [-0.1, -0.05) is 56.9 Å². The van der Waals surface area contributed by atoms with Gasteiger partial charge in [-0.2, -0.15) is 0 Å². The number of halogens is 2. The number of amidine groups is 1. The Morgan fingerprint density at radius 2 is 1.40 bits per heavy atom. The maximum Gasteiger partial charge on any atom is 0.239 e. The van der Waals surface area contributed by atoms with E-state index in [1.165, 1.54) is 11.8 Å². The van der Waals surface area contributed by atoms with E-state index in [0.717, 1.165) is 4.90 Å². The number of hydrogen-bond acceptors (Lipinski definition) is 8. The van der Waals surface area contributed by atoms with E-state index in [0.29, 0.717) is 43.1 Å². The van der Waals surface area contributed by atoms with Crippen LogP contribution in [0, 0.1) is 32.1 Å². The number of imide groups is 1. The molecule has 2 aliphatic carbocycles. The second kappa shape index (κ2) is 10.4. The van der Waals surface area contributed by atoms with Crippen LogP contribution in [-0.4, -0.2) is 64.0 Å². The highest BCUT2D eigenvalue weighted by Crippen LogP contribution is 2.37. The minimum absolute atomic E-state index is 0.0943. The smallest absolute Gasteiger partial charge is 0.239 e. The van der Waals surface area contributed by atoms with Gasteiger partial charge in [-0.3, -0.25) is 34.8 Å². The molecule has 0 aromatic heterocycles. The zero-order chi connectivity index (χ0) is 22.0. The van der Waals surface area contributed by atoms with Gasteiger partial charge < -0.3 is 0 Å². The van der Waals surface area contributed by atoms with Crippen molar-refractivity contribution in [3.05, 3.63) is 20.2 Å². The molecule has 166 valence electrons. The Kier molecular flexibility index (Phi) is 8.31. The number of carbonyl (C=O) groups excluding carboxylic acids is 2. The first-order chi connectivity index (χ1) is 14.2. The zero-order valence-electron chi connectivity index (χ0n) is 16.0. The monoisotopic (exact) mass is 664 g/mol. The van der Waals surface area contributed by atoms with E-state index < -0.39 is 35.7 Å². The molecule has 1 aliphatic heterocycles. The molecule has 0 aromatic carbocycles. The molecule has 13 heteroatoms. The summed E-state index contributed by atoms with van der Waals surface area (Å²) >= 11 is 5.59. The molecular formula is C17H22I2N4O6S. The highest BCUT2D eigenvalue weighted by atomic mass is 127. The first kappa shape index (κ1) is 24.1. The number of nitro groups is 2. The van der Waals surface area contributed by atoms with Crippen molar-refractivity contribution in [1.82, 2.24) is 4.90 Å². The number of carbonyl (C=O) groups is 2. The van der Waals surface area contributed by atoms with Gasteiger partial charge in [-0.15, -0.1) is 0 Å². The summed E-state index contributed by atoms with van der Waals surface area (Å²) in [6, 6.07) is -1.60. The van der Waals surface area contributed by atoms with Crippen molar-refractivity contribution in [3.63, 3.8) is 0 Å². The molecule has 0 saturated heterocycles. The van der Waals surface area contributed by atoms with Crippen LogP contribution in [0.4, 0.5) is 0 Å². The SMILES string of the molecule is O=C(C1CC([N+](=O)[O-])CCC1I)N(C(=O)C1CC([N+](=O)[O-])CCC1I)C1=NCCS1. The molecule has 0 bridgehead atoms. The average Bonchev–Trinajstić information content (AvgIpc) is 3.22. The van der Waals surface area contributed by atoms with Gasteiger partial charge in [0, 0.05) is 49.1 Å². The first-order valence-corrected chi connectivity index (χ1v) is 13.3. The van der Waals surface area contributed by atoms with Gasteiger partial charge in [0.2, 0.25) is 23.9 Å². The molecule has 30 heavy (non-hydrogen) atoms. The highest BCUT2D eigenvalue weighted by molar-refractivity contribution is 14.1. The second-order valence-electron chi connectivity index (χ2n) is 7.77. The van der Waals surface area contributed by atoms with Crippen molar-refractivity contribution in [2.75, 3.05) is 12.3 Å². The number of aliphatic imine (C=N–C) groups is 1. The third-order valence-electron chi connectivity index (χ3n) is 5.91. The van der Waals surface area contributed by atoms with Crippen molar-refractivity contribution in [2.45, 2.75) is 58.5 Å². The van der Waals surface area contributed by atoms with Gasteiger partial charge in [-0.25, -0.2) is 4.90 Å². The van der Waals surface area contributed by atoms with Crippen molar-refractivity contribution < 1.29 is 19.4 Å². The van der Waals surface area contributed by atoms with Crippen LogP contribution in [0.1, 0.15) is 38.5 Å². The molecule has 0 N–H and O–H groups in total. The van der Waals surface area contributed by atoms with Crippen LogP contribution in [0.5, 0.6) is 0 Å². The lowest BCUT2D eigenvalue weighted by atomic mass is 9.83.